The van der Waals surface area contributed by atoms with Crippen molar-refractivity contribution in [2.75, 3.05) is 11.9 Å². The van der Waals surface area contributed by atoms with E-state index >= 15 is 0 Å². The Bertz CT molecular complexity index is 391. The molecule has 0 aromatic carbocycles. The zero-order valence-corrected chi connectivity index (χ0v) is 10.0. The van der Waals surface area contributed by atoms with E-state index in [0.29, 0.717) is 11.4 Å². The maximum Gasteiger partial charge on any atom is 0.166 e. The summed E-state index contributed by atoms with van der Waals surface area (Å²) in [6.07, 6.45) is 9.57. The number of rotatable bonds is 4. The Morgan fingerprint density at radius 1 is 1.35 bits per heavy atom. The van der Waals surface area contributed by atoms with Crippen LogP contribution in [0.4, 0.5) is 5.82 Å². The van der Waals surface area contributed by atoms with Gasteiger partial charge < -0.3 is 5.32 Å². The number of hydrogen-bond donors (Lipinski definition) is 1. The topological polar surface area (TPSA) is 61.6 Å². The number of nitrogens with zero attached hydrogens (tertiary/aromatic N) is 3. The van der Waals surface area contributed by atoms with E-state index in [9.17, 15) is 0 Å². The molecule has 17 heavy (non-hydrogen) atoms. The average molecular weight is 230 g/mol. The Balaban J connectivity index is 1.79. The molecule has 1 saturated carbocycles. The molecule has 1 aromatic rings. The van der Waals surface area contributed by atoms with Crippen LogP contribution in [0, 0.1) is 17.2 Å². The molecule has 4 nitrogen and oxygen atoms in total. The Kier molecular flexibility index (Phi) is 4.31. The van der Waals surface area contributed by atoms with Gasteiger partial charge in [-0.2, -0.15) is 10.4 Å². The largest absolute Gasteiger partial charge is 0.367 e. The molecular formula is C13H18N4. The minimum absolute atomic E-state index is 0.573. The molecule has 0 spiro atoms. The van der Waals surface area contributed by atoms with Gasteiger partial charge in [-0.05, 0) is 18.4 Å². The molecule has 1 heterocycles. The van der Waals surface area contributed by atoms with Crippen LogP contribution in [-0.4, -0.2) is 16.7 Å². The van der Waals surface area contributed by atoms with Crippen LogP contribution in [0.5, 0.6) is 0 Å². The molecular weight excluding hydrogens is 212 g/mol. The highest BCUT2D eigenvalue weighted by Gasteiger charge is 2.13. The quantitative estimate of drug-likeness (QED) is 0.863. The third-order valence-electron chi connectivity index (χ3n) is 3.41. The van der Waals surface area contributed by atoms with E-state index < -0.39 is 0 Å². The van der Waals surface area contributed by atoms with Crippen molar-refractivity contribution in [1.82, 2.24) is 10.2 Å². The van der Waals surface area contributed by atoms with Crippen LogP contribution in [0.1, 0.15) is 44.1 Å². The van der Waals surface area contributed by atoms with Gasteiger partial charge in [0.1, 0.15) is 6.07 Å². The van der Waals surface area contributed by atoms with E-state index in [4.69, 9.17) is 5.26 Å². The molecule has 1 N–H and O–H groups in total. The summed E-state index contributed by atoms with van der Waals surface area (Å²) >= 11 is 0. The first-order chi connectivity index (χ1) is 8.40. The number of nitrogens with one attached hydrogen (secondary N) is 1. The fourth-order valence-electron chi connectivity index (χ4n) is 2.42. The standard InChI is InChI=1S/C13H18N4/c14-10-12-7-9-16-17-13(12)15-8-6-11-4-2-1-3-5-11/h7,9,11H,1-6,8H2,(H,15,17). The third-order valence-corrected chi connectivity index (χ3v) is 3.41. The Hall–Kier alpha value is -1.63. The predicted octanol–water partition coefficient (Wildman–Crippen LogP) is 2.73. The van der Waals surface area contributed by atoms with Gasteiger partial charge in [0.15, 0.2) is 5.82 Å². The highest BCUT2D eigenvalue weighted by molar-refractivity contribution is 5.49. The summed E-state index contributed by atoms with van der Waals surface area (Å²) in [6, 6.07) is 3.81. The van der Waals surface area contributed by atoms with Crippen molar-refractivity contribution in [2.24, 2.45) is 5.92 Å². The van der Waals surface area contributed by atoms with Gasteiger partial charge in [-0.25, -0.2) is 0 Å². The maximum atomic E-state index is 8.91. The van der Waals surface area contributed by atoms with Gasteiger partial charge in [-0.15, -0.1) is 5.10 Å². The molecule has 0 bridgehead atoms. The smallest absolute Gasteiger partial charge is 0.166 e. The molecule has 4 heteroatoms. The van der Waals surface area contributed by atoms with Crippen molar-refractivity contribution >= 4 is 5.82 Å². The van der Waals surface area contributed by atoms with Gasteiger partial charge in [0.2, 0.25) is 0 Å². The lowest BCUT2D eigenvalue weighted by Gasteiger charge is -2.21. The van der Waals surface area contributed by atoms with Gasteiger partial charge in [-0.1, -0.05) is 32.1 Å². The minimum atomic E-state index is 0.573. The Labute approximate surface area is 102 Å². The lowest BCUT2D eigenvalue weighted by atomic mass is 9.87. The first kappa shape index (κ1) is 11.8. The van der Waals surface area contributed by atoms with Crippen LogP contribution in [0.25, 0.3) is 0 Å². The molecule has 0 radical (unpaired) electrons. The van der Waals surface area contributed by atoms with E-state index in [2.05, 4.69) is 21.6 Å². The van der Waals surface area contributed by atoms with Crippen LogP contribution in [-0.2, 0) is 0 Å². The number of aromatic nitrogens is 2. The van der Waals surface area contributed by atoms with Crippen LogP contribution in [0.3, 0.4) is 0 Å². The van der Waals surface area contributed by atoms with Crippen molar-refractivity contribution in [1.29, 1.82) is 5.26 Å². The summed E-state index contributed by atoms with van der Waals surface area (Å²) in [6.45, 7) is 0.887. The first-order valence-electron chi connectivity index (χ1n) is 6.36. The van der Waals surface area contributed by atoms with Crippen LogP contribution < -0.4 is 5.32 Å². The summed E-state index contributed by atoms with van der Waals surface area (Å²) in [5.74, 6) is 1.46. The van der Waals surface area contributed by atoms with Crippen LogP contribution in [0.15, 0.2) is 12.3 Å². The van der Waals surface area contributed by atoms with Crippen molar-refractivity contribution in [3.63, 3.8) is 0 Å². The summed E-state index contributed by atoms with van der Waals surface area (Å²) in [5, 5.41) is 19.9. The minimum Gasteiger partial charge on any atom is -0.367 e. The van der Waals surface area contributed by atoms with E-state index in [1.807, 2.05) is 0 Å². The van der Waals surface area contributed by atoms with Crippen molar-refractivity contribution in [3.05, 3.63) is 17.8 Å². The van der Waals surface area contributed by atoms with Gasteiger partial charge in [0.05, 0.1) is 11.8 Å². The normalized spacial score (nSPS) is 16.4. The monoisotopic (exact) mass is 230 g/mol. The van der Waals surface area contributed by atoms with Crippen molar-refractivity contribution in [2.45, 2.75) is 38.5 Å². The second-order valence-electron chi connectivity index (χ2n) is 4.62. The number of anilines is 1. The summed E-state index contributed by atoms with van der Waals surface area (Å²) in [7, 11) is 0. The highest BCUT2D eigenvalue weighted by Crippen LogP contribution is 2.26. The fraction of sp³-hybridized carbons (Fsp3) is 0.615. The van der Waals surface area contributed by atoms with Crippen LogP contribution >= 0.6 is 0 Å². The first-order valence-corrected chi connectivity index (χ1v) is 6.36. The average Bonchev–Trinajstić information content (AvgIpc) is 2.40. The molecule has 0 unspecified atom stereocenters. The summed E-state index contributed by atoms with van der Waals surface area (Å²) < 4.78 is 0. The summed E-state index contributed by atoms with van der Waals surface area (Å²) in [5.41, 5.74) is 0.573. The molecule has 2 rings (SSSR count). The van der Waals surface area contributed by atoms with Crippen LogP contribution in [0.2, 0.25) is 0 Å². The lowest BCUT2D eigenvalue weighted by molar-refractivity contribution is 0.345. The third kappa shape index (κ3) is 3.42. The van der Waals surface area contributed by atoms with E-state index in [1.165, 1.54) is 38.5 Å². The molecule has 1 aliphatic carbocycles. The SMILES string of the molecule is N#Cc1ccnnc1NCCC1CCCCC1. The van der Waals surface area contributed by atoms with E-state index in [1.54, 1.807) is 12.3 Å². The number of nitriles is 1. The molecule has 90 valence electrons. The Morgan fingerprint density at radius 3 is 2.94 bits per heavy atom. The second-order valence-corrected chi connectivity index (χ2v) is 4.62. The zero-order chi connectivity index (χ0) is 11.9. The maximum absolute atomic E-state index is 8.91. The molecule has 1 aromatic heterocycles. The predicted molar refractivity (Wildman–Crippen MR) is 66.4 cm³/mol. The molecule has 0 saturated heterocycles. The molecule has 0 atom stereocenters. The molecule has 0 amide bonds. The van der Waals surface area contributed by atoms with Gasteiger partial charge in [0, 0.05) is 6.54 Å². The van der Waals surface area contributed by atoms with Gasteiger partial charge in [-0.3, -0.25) is 0 Å². The van der Waals surface area contributed by atoms with Gasteiger partial charge >= 0.3 is 0 Å². The van der Waals surface area contributed by atoms with Gasteiger partial charge in [0.25, 0.3) is 0 Å². The highest BCUT2D eigenvalue weighted by atomic mass is 15.2. The zero-order valence-electron chi connectivity index (χ0n) is 10.0. The molecule has 1 fully saturated rings. The summed E-state index contributed by atoms with van der Waals surface area (Å²) in [4.78, 5) is 0. The van der Waals surface area contributed by atoms with Crippen molar-refractivity contribution < 1.29 is 0 Å². The second kappa shape index (κ2) is 6.19. The number of hydrogen-bond acceptors (Lipinski definition) is 4. The fourth-order valence-corrected chi connectivity index (χ4v) is 2.42. The van der Waals surface area contributed by atoms with E-state index in [-0.39, 0.29) is 0 Å². The van der Waals surface area contributed by atoms with Crippen molar-refractivity contribution in [3.8, 4) is 6.07 Å². The van der Waals surface area contributed by atoms with E-state index in [0.717, 1.165) is 12.5 Å². The Morgan fingerprint density at radius 2 is 2.18 bits per heavy atom. The molecule has 1 aliphatic rings. The lowest BCUT2D eigenvalue weighted by Crippen LogP contribution is -2.13. The molecule has 0 aliphatic heterocycles.